The van der Waals surface area contributed by atoms with Crippen LogP contribution < -0.4 is 5.56 Å². The molecule has 224 valence electrons. The van der Waals surface area contributed by atoms with E-state index in [1.54, 1.807) is 16.6 Å². The lowest BCUT2D eigenvalue weighted by Gasteiger charge is -2.38. The van der Waals surface area contributed by atoms with Gasteiger partial charge < -0.3 is 20.0 Å². The number of likely N-dealkylation sites (tertiary alicyclic amines) is 1. The van der Waals surface area contributed by atoms with E-state index < -0.39 is 11.7 Å². The summed E-state index contributed by atoms with van der Waals surface area (Å²) in [6, 6.07) is 15.8. The van der Waals surface area contributed by atoms with Crippen LogP contribution in [0.5, 0.6) is 0 Å². The lowest BCUT2D eigenvalue weighted by atomic mass is 9.90. The van der Waals surface area contributed by atoms with Crippen LogP contribution in [-0.2, 0) is 31.4 Å². The molecule has 0 bridgehead atoms. The fourth-order valence-corrected chi connectivity index (χ4v) is 6.33. The number of aryl methyl sites for hydroxylation is 1. The Labute approximate surface area is 249 Å². The number of nitrogens with zero attached hydrogens (tertiary/aromatic N) is 6. The van der Waals surface area contributed by atoms with Gasteiger partial charge in [-0.1, -0.05) is 49.4 Å². The predicted molar refractivity (Wildman–Crippen MR) is 161 cm³/mol. The van der Waals surface area contributed by atoms with Crippen molar-refractivity contribution >= 4 is 23.0 Å². The van der Waals surface area contributed by atoms with E-state index in [-0.39, 0.29) is 29.4 Å². The second-order valence-electron chi connectivity index (χ2n) is 11.9. The topological polar surface area (TPSA) is 134 Å². The van der Waals surface area contributed by atoms with E-state index in [2.05, 4.69) is 10.1 Å². The standard InChI is InChI=1S/C32H36N6O5/c1-21(22-6-4-3-5-7-22)16-26(39)36-14-11-32(43,12-15-36)19-38-20-33-27-28(30(38)40)34-35(2)29(27)24-8-9-25-18-37(31(41)42)13-10-23(25)17-24/h3-9,17,20-21,43H,10-16,18-19H2,1-2H3,(H,41,42). The van der Waals surface area contributed by atoms with Crippen molar-refractivity contribution in [3.63, 3.8) is 0 Å². The Morgan fingerprint density at radius 1 is 1.00 bits per heavy atom. The van der Waals surface area contributed by atoms with Crippen molar-refractivity contribution in [3.8, 4) is 11.3 Å². The lowest BCUT2D eigenvalue weighted by molar-refractivity contribution is -0.136. The van der Waals surface area contributed by atoms with Crippen LogP contribution in [0.15, 0.2) is 59.7 Å². The van der Waals surface area contributed by atoms with Gasteiger partial charge in [-0.05, 0) is 47.9 Å². The molecule has 2 aromatic heterocycles. The zero-order chi connectivity index (χ0) is 30.3. The van der Waals surface area contributed by atoms with Crippen LogP contribution in [0.1, 0.15) is 48.8 Å². The largest absolute Gasteiger partial charge is 0.465 e. The van der Waals surface area contributed by atoms with Crippen molar-refractivity contribution < 1.29 is 19.8 Å². The van der Waals surface area contributed by atoms with Crippen molar-refractivity contribution in [1.29, 1.82) is 0 Å². The van der Waals surface area contributed by atoms with Crippen LogP contribution in [0.4, 0.5) is 4.79 Å². The first kappa shape index (κ1) is 28.6. The first-order valence-electron chi connectivity index (χ1n) is 14.7. The summed E-state index contributed by atoms with van der Waals surface area (Å²) in [5, 5.41) is 25.2. The van der Waals surface area contributed by atoms with Gasteiger partial charge in [-0.2, -0.15) is 5.10 Å². The number of carboxylic acid groups (broad SMARTS) is 1. The summed E-state index contributed by atoms with van der Waals surface area (Å²) >= 11 is 0. The third kappa shape index (κ3) is 5.64. The summed E-state index contributed by atoms with van der Waals surface area (Å²) in [4.78, 5) is 45.7. The molecule has 2 N–H and O–H groups in total. The number of aliphatic hydroxyl groups is 1. The summed E-state index contributed by atoms with van der Waals surface area (Å²) < 4.78 is 3.06. The summed E-state index contributed by atoms with van der Waals surface area (Å²) in [5.74, 6) is 0.179. The lowest BCUT2D eigenvalue weighted by Crippen LogP contribution is -2.49. The van der Waals surface area contributed by atoms with Gasteiger partial charge in [0.2, 0.25) is 5.91 Å². The van der Waals surface area contributed by atoms with Gasteiger partial charge >= 0.3 is 6.09 Å². The molecular weight excluding hydrogens is 548 g/mol. The highest BCUT2D eigenvalue weighted by atomic mass is 16.4. The highest BCUT2D eigenvalue weighted by Gasteiger charge is 2.35. The molecule has 43 heavy (non-hydrogen) atoms. The number of hydrogen-bond acceptors (Lipinski definition) is 6. The molecule has 11 nitrogen and oxygen atoms in total. The maximum Gasteiger partial charge on any atom is 0.407 e. The van der Waals surface area contributed by atoms with Gasteiger partial charge in [0.15, 0.2) is 5.52 Å². The van der Waals surface area contributed by atoms with E-state index in [1.807, 2.05) is 55.5 Å². The average molecular weight is 585 g/mol. The number of fused-ring (bicyclic) bond motifs is 2. The Balaban J connectivity index is 1.15. The van der Waals surface area contributed by atoms with Gasteiger partial charge in [-0.3, -0.25) is 18.8 Å². The third-order valence-corrected chi connectivity index (χ3v) is 8.94. The molecule has 0 aliphatic carbocycles. The minimum absolute atomic E-state index is 0.0704. The number of piperidine rings is 1. The molecule has 6 rings (SSSR count). The van der Waals surface area contributed by atoms with Crippen LogP contribution in [0.25, 0.3) is 22.3 Å². The van der Waals surface area contributed by atoms with E-state index in [0.29, 0.717) is 63.1 Å². The van der Waals surface area contributed by atoms with Crippen LogP contribution in [0.3, 0.4) is 0 Å². The quantitative estimate of drug-likeness (QED) is 0.355. The Bertz CT molecular complexity index is 1740. The van der Waals surface area contributed by atoms with Crippen molar-refractivity contribution in [2.45, 2.75) is 57.2 Å². The van der Waals surface area contributed by atoms with Crippen LogP contribution >= 0.6 is 0 Å². The molecule has 1 fully saturated rings. The third-order valence-electron chi connectivity index (χ3n) is 8.94. The maximum atomic E-state index is 13.5. The molecule has 4 heterocycles. The van der Waals surface area contributed by atoms with E-state index in [1.165, 1.54) is 15.8 Å². The predicted octanol–water partition coefficient (Wildman–Crippen LogP) is 3.38. The second kappa shape index (κ2) is 11.3. The van der Waals surface area contributed by atoms with Crippen LogP contribution in [-0.4, -0.2) is 76.6 Å². The molecule has 4 aromatic rings. The molecule has 0 saturated carbocycles. The molecule has 0 spiro atoms. The fraction of sp³-hybridized carbons (Fsp3) is 0.406. The first-order chi connectivity index (χ1) is 20.6. The molecule has 2 aliphatic heterocycles. The molecule has 2 aliphatic rings. The van der Waals surface area contributed by atoms with Crippen molar-refractivity contribution in [2.75, 3.05) is 19.6 Å². The molecule has 0 radical (unpaired) electrons. The van der Waals surface area contributed by atoms with Gasteiger partial charge in [-0.15, -0.1) is 0 Å². The van der Waals surface area contributed by atoms with Crippen LogP contribution in [0, 0.1) is 0 Å². The summed E-state index contributed by atoms with van der Waals surface area (Å²) in [7, 11) is 1.77. The van der Waals surface area contributed by atoms with Crippen molar-refractivity contribution in [3.05, 3.63) is 81.9 Å². The second-order valence-corrected chi connectivity index (χ2v) is 11.9. The summed E-state index contributed by atoms with van der Waals surface area (Å²) in [6.45, 7) is 3.76. The van der Waals surface area contributed by atoms with Gasteiger partial charge in [0.1, 0.15) is 5.52 Å². The highest BCUT2D eigenvalue weighted by Crippen LogP contribution is 2.30. The van der Waals surface area contributed by atoms with Crippen LogP contribution in [0.2, 0.25) is 0 Å². The van der Waals surface area contributed by atoms with Crippen molar-refractivity contribution in [2.24, 2.45) is 7.05 Å². The van der Waals surface area contributed by atoms with E-state index in [4.69, 9.17) is 0 Å². The zero-order valence-corrected chi connectivity index (χ0v) is 24.4. The first-order valence-corrected chi connectivity index (χ1v) is 14.7. The molecule has 1 unspecified atom stereocenters. The molecule has 2 aromatic carbocycles. The van der Waals surface area contributed by atoms with Gasteiger partial charge in [-0.25, -0.2) is 9.78 Å². The van der Waals surface area contributed by atoms with Gasteiger partial charge in [0, 0.05) is 45.2 Å². The van der Waals surface area contributed by atoms with Gasteiger partial charge in [0.25, 0.3) is 5.56 Å². The number of aromatic nitrogens is 4. The highest BCUT2D eigenvalue weighted by molar-refractivity contribution is 5.89. The number of hydrogen-bond donors (Lipinski definition) is 2. The Kier molecular flexibility index (Phi) is 7.51. The number of carbonyl (C=O) groups is 2. The Morgan fingerprint density at radius 2 is 1.74 bits per heavy atom. The van der Waals surface area contributed by atoms with Gasteiger partial charge in [0.05, 0.1) is 24.2 Å². The van der Waals surface area contributed by atoms with E-state index in [9.17, 15) is 24.6 Å². The molecular formula is C32H36N6O5. The normalized spacial score (nSPS) is 17.1. The SMILES string of the molecule is CC(CC(=O)N1CCC(O)(Cn2cnc3c(-c4ccc5c(c4)CCN(C(=O)O)C5)n(C)nc3c2=O)CC1)c1ccccc1. The summed E-state index contributed by atoms with van der Waals surface area (Å²) in [5.41, 5.74) is 3.96. The Hall–Kier alpha value is -4.51. The minimum atomic E-state index is -1.14. The monoisotopic (exact) mass is 584 g/mol. The number of amides is 2. The average Bonchev–Trinajstić information content (AvgIpc) is 3.35. The fourth-order valence-electron chi connectivity index (χ4n) is 6.33. The zero-order valence-electron chi connectivity index (χ0n) is 24.4. The smallest absolute Gasteiger partial charge is 0.407 e. The number of carbonyl (C=O) groups excluding carboxylic acids is 1. The number of rotatable bonds is 6. The maximum absolute atomic E-state index is 13.5. The number of benzene rings is 2. The molecule has 1 atom stereocenters. The summed E-state index contributed by atoms with van der Waals surface area (Å²) in [6.07, 6.45) is 2.30. The molecule has 11 heteroatoms. The molecule has 2 amide bonds. The van der Waals surface area contributed by atoms with Crippen molar-refractivity contribution in [1.82, 2.24) is 29.1 Å². The van der Waals surface area contributed by atoms with E-state index in [0.717, 1.165) is 22.3 Å². The minimum Gasteiger partial charge on any atom is -0.465 e. The Morgan fingerprint density at radius 3 is 2.47 bits per heavy atom. The van der Waals surface area contributed by atoms with E-state index >= 15 is 0 Å². The molecule has 1 saturated heterocycles.